The van der Waals surface area contributed by atoms with Gasteiger partial charge in [0, 0.05) is 48.3 Å². The Kier molecular flexibility index (Phi) is 5.65. The van der Waals surface area contributed by atoms with E-state index in [1.807, 2.05) is 0 Å². The van der Waals surface area contributed by atoms with Crippen LogP contribution in [0, 0.1) is 21.7 Å². The summed E-state index contributed by atoms with van der Waals surface area (Å²) in [6, 6.07) is 4.90. The SMILES string of the molecule is CC1(C)[C@@H]2CC[C@@H](N2)C(C)(C)[C@@H]2CC[C@@H](N2)C(C)(C)[C@@H]2CC[C@@H](N2)C(C)(C)[C@@H]2CC[C@H]1N2. The van der Waals surface area contributed by atoms with Crippen molar-refractivity contribution in [1.82, 2.24) is 21.3 Å². The zero-order valence-electron chi connectivity index (χ0n) is 22.3. The molecule has 5 heterocycles. The molecule has 0 unspecified atom stereocenters. The Morgan fingerprint density at radius 3 is 0.562 bits per heavy atom. The van der Waals surface area contributed by atoms with E-state index in [9.17, 15) is 0 Å². The van der Waals surface area contributed by atoms with Gasteiger partial charge < -0.3 is 21.3 Å². The normalized spacial score (nSPS) is 48.8. The molecule has 0 aromatic rings. The van der Waals surface area contributed by atoms with Crippen LogP contribution in [0.15, 0.2) is 0 Å². The maximum Gasteiger partial charge on any atom is 0.0136 e. The van der Waals surface area contributed by atoms with Gasteiger partial charge in [-0.25, -0.2) is 0 Å². The van der Waals surface area contributed by atoms with Crippen molar-refractivity contribution >= 4 is 0 Å². The highest BCUT2D eigenvalue weighted by Gasteiger charge is 2.54. The van der Waals surface area contributed by atoms with Gasteiger partial charge in [0.25, 0.3) is 0 Å². The zero-order chi connectivity index (χ0) is 23.1. The van der Waals surface area contributed by atoms with Gasteiger partial charge in [0.1, 0.15) is 0 Å². The molecule has 0 aromatic carbocycles. The van der Waals surface area contributed by atoms with Gasteiger partial charge in [0.15, 0.2) is 0 Å². The summed E-state index contributed by atoms with van der Waals surface area (Å²) < 4.78 is 0. The van der Waals surface area contributed by atoms with E-state index in [1.54, 1.807) is 0 Å². The number of hydrogen-bond acceptors (Lipinski definition) is 4. The Balaban J connectivity index is 1.48. The third kappa shape index (κ3) is 3.53. The van der Waals surface area contributed by atoms with Gasteiger partial charge in [-0.05, 0) is 73.0 Å². The molecule has 5 aliphatic rings. The quantitative estimate of drug-likeness (QED) is 0.441. The van der Waals surface area contributed by atoms with Crippen molar-refractivity contribution in [1.29, 1.82) is 0 Å². The van der Waals surface area contributed by atoms with Crippen LogP contribution in [0.3, 0.4) is 0 Å². The van der Waals surface area contributed by atoms with Crippen LogP contribution in [-0.4, -0.2) is 48.3 Å². The highest BCUT2D eigenvalue weighted by atomic mass is 15.1. The lowest BCUT2D eigenvalue weighted by Crippen LogP contribution is -2.60. The van der Waals surface area contributed by atoms with Gasteiger partial charge in [0.2, 0.25) is 0 Å². The van der Waals surface area contributed by atoms with Crippen molar-refractivity contribution < 1.29 is 0 Å². The summed E-state index contributed by atoms with van der Waals surface area (Å²) in [7, 11) is 0. The molecule has 5 rings (SSSR count). The van der Waals surface area contributed by atoms with Crippen molar-refractivity contribution in [3.8, 4) is 0 Å². The van der Waals surface area contributed by atoms with Gasteiger partial charge in [-0.1, -0.05) is 55.4 Å². The second-order valence-electron chi connectivity index (χ2n) is 14.7. The molecule has 4 heteroatoms. The molecule has 0 amide bonds. The first kappa shape index (κ1) is 23.6. The van der Waals surface area contributed by atoms with E-state index in [1.165, 1.54) is 51.4 Å². The molecule has 5 saturated heterocycles. The molecule has 5 fully saturated rings. The molecule has 0 aromatic heterocycles. The molecular formula is C28H52N4. The number of nitrogens with one attached hydrogen (secondary N) is 4. The van der Waals surface area contributed by atoms with Gasteiger partial charge in [-0.2, -0.15) is 0 Å². The van der Waals surface area contributed by atoms with E-state index in [4.69, 9.17) is 0 Å². The Morgan fingerprint density at radius 1 is 0.312 bits per heavy atom. The van der Waals surface area contributed by atoms with E-state index < -0.39 is 0 Å². The Hall–Kier alpha value is -0.160. The van der Waals surface area contributed by atoms with Crippen molar-refractivity contribution in [3.05, 3.63) is 0 Å². The van der Waals surface area contributed by atoms with Crippen molar-refractivity contribution in [2.45, 2.75) is 155 Å². The number of fused-ring (bicyclic) bond motifs is 8. The van der Waals surface area contributed by atoms with E-state index in [2.05, 4.69) is 76.7 Å². The lowest BCUT2D eigenvalue weighted by molar-refractivity contribution is 0.116. The molecule has 0 radical (unpaired) electrons. The van der Waals surface area contributed by atoms with Crippen molar-refractivity contribution in [2.75, 3.05) is 0 Å². The molecule has 4 nitrogen and oxygen atoms in total. The number of hydrogen-bond donors (Lipinski definition) is 4. The lowest BCUT2D eigenvalue weighted by atomic mass is 9.76. The minimum absolute atomic E-state index is 0.284. The Bertz CT molecular complexity index is 542. The van der Waals surface area contributed by atoms with Gasteiger partial charge >= 0.3 is 0 Å². The van der Waals surface area contributed by atoms with Crippen LogP contribution in [0.2, 0.25) is 0 Å². The third-order valence-corrected chi connectivity index (χ3v) is 11.8. The first-order valence-electron chi connectivity index (χ1n) is 13.9. The van der Waals surface area contributed by atoms with Gasteiger partial charge in [-0.3, -0.25) is 0 Å². The van der Waals surface area contributed by atoms with E-state index in [0.717, 1.165) is 0 Å². The van der Waals surface area contributed by atoms with Crippen LogP contribution < -0.4 is 21.3 Å². The fourth-order valence-electron chi connectivity index (χ4n) is 8.64. The van der Waals surface area contributed by atoms with Crippen molar-refractivity contribution in [3.63, 3.8) is 0 Å². The Morgan fingerprint density at radius 2 is 0.438 bits per heavy atom. The molecule has 8 bridgehead atoms. The van der Waals surface area contributed by atoms with Crippen LogP contribution in [0.5, 0.6) is 0 Å². The molecule has 4 N–H and O–H groups in total. The Labute approximate surface area is 198 Å². The molecule has 0 spiro atoms. The van der Waals surface area contributed by atoms with E-state index >= 15 is 0 Å². The minimum atomic E-state index is 0.284. The van der Waals surface area contributed by atoms with Crippen LogP contribution in [0.1, 0.15) is 107 Å². The minimum Gasteiger partial charge on any atom is -0.310 e. The summed E-state index contributed by atoms with van der Waals surface area (Å²) in [5.74, 6) is 0. The zero-order valence-corrected chi connectivity index (χ0v) is 22.3. The summed E-state index contributed by atoms with van der Waals surface area (Å²) in [5, 5.41) is 16.8. The monoisotopic (exact) mass is 444 g/mol. The topological polar surface area (TPSA) is 48.1 Å². The van der Waals surface area contributed by atoms with Crippen molar-refractivity contribution in [2.24, 2.45) is 21.7 Å². The number of rotatable bonds is 0. The van der Waals surface area contributed by atoms with Gasteiger partial charge in [-0.15, -0.1) is 0 Å². The summed E-state index contributed by atoms with van der Waals surface area (Å²) >= 11 is 0. The van der Waals surface area contributed by atoms with Crippen LogP contribution in [-0.2, 0) is 0 Å². The van der Waals surface area contributed by atoms with E-state index in [0.29, 0.717) is 48.3 Å². The predicted octanol–water partition coefficient (Wildman–Crippen LogP) is 4.59. The largest absolute Gasteiger partial charge is 0.310 e. The first-order valence-corrected chi connectivity index (χ1v) is 13.9. The van der Waals surface area contributed by atoms with E-state index in [-0.39, 0.29) is 21.7 Å². The summed E-state index contributed by atoms with van der Waals surface area (Å²) in [6.45, 7) is 20.3. The molecule has 5 aliphatic heterocycles. The van der Waals surface area contributed by atoms with Crippen LogP contribution in [0.4, 0.5) is 0 Å². The average Bonchev–Trinajstić information content (AvgIpc) is 3.53. The molecule has 32 heavy (non-hydrogen) atoms. The molecule has 0 saturated carbocycles. The molecule has 0 aliphatic carbocycles. The van der Waals surface area contributed by atoms with Crippen LogP contribution in [0.25, 0.3) is 0 Å². The highest BCUT2D eigenvalue weighted by Crippen LogP contribution is 2.48. The maximum atomic E-state index is 4.20. The smallest absolute Gasteiger partial charge is 0.0136 e. The predicted molar refractivity (Wildman–Crippen MR) is 135 cm³/mol. The third-order valence-electron chi connectivity index (χ3n) is 11.8. The summed E-state index contributed by atoms with van der Waals surface area (Å²) in [6.07, 6.45) is 10.6. The first-order chi connectivity index (χ1) is 14.8. The van der Waals surface area contributed by atoms with Gasteiger partial charge in [0.05, 0.1) is 0 Å². The molecule has 8 atom stereocenters. The second kappa shape index (κ2) is 7.67. The second-order valence-corrected chi connectivity index (χ2v) is 14.7. The fourth-order valence-corrected chi connectivity index (χ4v) is 8.64. The maximum absolute atomic E-state index is 4.20. The highest BCUT2D eigenvalue weighted by molar-refractivity contribution is 5.12. The summed E-state index contributed by atoms with van der Waals surface area (Å²) in [5.41, 5.74) is 1.13. The average molecular weight is 445 g/mol. The standard InChI is InChI=1S/C28H52N4/c1-25(2)17-9-11-19(29-17)26(3,4)21-13-15-23(31-21)28(7,8)24-16-14-22(32-24)27(5,6)20-12-10-18(25)30-20/h17-24,29-32H,9-16H2,1-8H3/t17-,18+,19+,20-,21-,22+,23+,24-. The molecular weight excluding hydrogens is 392 g/mol. The van der Waals surface area contributed by atoms with Crippen LogP contribution >= 0.6 is 0 Å². The summed E-state index contributed by atoms with van der Waals surface area (Å²) in [4.78, 5) is 0. The lowest BCUT2D eigenvalue weighted by Gasteiger charge is -2.45. The fraction of sp³-hybridized carbons (Fsp3) is 1.00. The molecule has 184 valence electrons.